The van der Waals surface area contributed by atoms with Gasteiger partial charge in [0, 0.05) is 16.4 Å². The van der Waals surface area contributed by atoms with Crippen LogP contribution < -0.4 is 0 Å². The molecule has 0 aliphatic carbocycles. The number of hydrogen-bond acceptors (Lipinski definition) is 4. The summed E-state index contributed by atoms with van der Waals surface area (Å²) >= 11 is 1.56. The number of thiazole rings is 1. The van der Waals surface area contributed by atoms with Gasteiger partial charge in [-0.2, -0.15) is 0 Å². The summed E-state index contributed by atoms with van der Waals surface area (Å²) in [6.07, 6.45) is 0.349. The highest BCUT2D eigenvalue weighted by Gasteiger charge is 2.22. The van der Waals surface area contributed by atoms with E-state index in [9.17, 15) is 4.79 Å². The number of hydrogen-bond donors (Lipinski definition) is 0. The molecule has 108 valence electrons. The van der Waals surface area contributed by atoms with Gasteiger partial charge in [0.05, 0.1) is 17.7 Å². The molecule has 2 rings (SSSR count). The third-order valence-electron chi connectivity index (χ3n) is 3.47. The Morgan fingerprint density at radius 2 is 1.90 bits per heavy atom. The van der Waals surface area contributed by atoms with Crippen LogP contribution in [-0.2, 0) is 11.8 Å². The molecule has 0 bridgehead atoms. The van der Waals surface area contributed by atoms with Gasteiger partial charge in [-0.1, -0.05) is 20.8 Å². The van der Waals surface area contributed by atoms with E-state index in [0.717, 1.165) is 27.6 Å². The molecule has 2 aromatic heterocycles. The van der Waals surface area contributed by atoms with E-state index in [1.54, 1.807) is 11.3 Å². The van der Waals surface area contributed by atoms with Crippen molar-refractivity contribution in [3.63, 3.8) is 0 Å². The standard InChI is InChI=1S/C16H21NO2S/c1-9-10(2)19-11(3)15(9)12(18)7-14-17-13(8-20-14)16(4,5)6/h8H,7H2,1-6H3. The molecule has 3 nitrogen and oxygen atoms in total. The minimum atomic E-state index is 0.0237. The maximum atomic E-state index is 12.4. The van der Waals surface area contributed by atoms with Crippen LogP contribution in [-0.4, -0.2) is 10.8 Å². The smallest absolute Gasteiger partial charge is 0.173 e. The van der Waals surface area contributed by atoms with Crippen molar-refractivity contribution < 1.29 is 9.21 Å². The Kier molecular flexibility index (Phi) is 3.87. The summed E-state index contributed by atoms with van der Waals surface area (Å²) < 4.78 is 5.53. The molecule has 0 aliphatic rings. The first-order valence-corrected chi connectivity index (χ1v) is 7.62. The lowest BCUT2D eigenvalue weighted by atomic mass is 9.93. The van der Waals surface area contributed by atoms with Crippen molar-refractivity contribution in [1.29, 1.82) is 0 Å². The maximum absolute atomic E-state index is 12.4. The van der Waals surface area contributed by atoms with Gasteiger partial charge in [0.25, 0.3) is 0 Å². The SMILES string of the molecule is Cc1oc(C)c(C(=O)Cc2nc(C(C)(C)C)cs2)c1C. The second kappa shape index (κ2) is 5.17. The molecule has 0 saturated carbocycles. The molecular formula is C16H21NO2S. The van der Waals surface area contributed by atoms with Crippen LogP contribution in [0, 0.1) is 20.8 Å². The molecule has 0 fully saturated rings. The molecule has 0 spiro atoms. The topological polar surface area (TPSA) is 43.1 Å². The summed E-state index contributed by atoms with van der Waals surface area (Å²) in [5.41, 5.74) is 2.73. The predicted molar refractivity (Wildman–Crippen MR) is 81.8 cm³/mol. The number of aryl methyl sites for hydroxylation is 2. The van der Waals surface area contributed by atoms with Crippen molar-refractivity contribution in [3.8, 4) is 0 Å². The Bertz CT molecular complexity index is 644. The fourth-order valence-electron chi connectivity index (χ4n) is 2.17. The van der Waals surface area contributed by atoms with E-state index in [-0.39, 0.29) is 11.2 Å². The van der Waals surface area contributed by atoms with Crippen molar-refractivity contribution in [3.05, 3.63) is 38.7 Å². The molecule has 20 heavy (non-hydrogen) atoms. The molecule has 0 saturated heterocycles. The number of aromatic nitrogens is 1. The third kappa shape index (κ3) is 2.85. The Morgan fingerprint density at radius 3 is 2.35 bits per heavy atom. The lowest BCUT2D eigenvalue weighted by Gasteiger charge is -2.14. The van der Waals surface area contributed by atoms with Gasteiger partial charge in [0.1, 0.15) is 16.5 Å². The van der Waals surface area contributed by atoms with Crippen LogP contribution in [0.15, 0.2) is 9.80 Å². The zero-order chi connectivity index (χ0) is 15.1. The Morgan fingerprint density at radius 1 is 1.25 bits per heavy atom. The number of carbonyl (C=O) groups excluding carboxylic acids is 1. The van der Waals surface area contributed by atoms with E-state index >= 15 is 0 Å². The van der Waals surface area contributed by atoms with Crippen molar-refractivity contribution in [2.45, 2.75) is 53.4 Å². The van der Waals surface area contributed by atoms with Gasteiger partial charge in [-0.15, -0.1) is 11.3 Å². The molecule has 2 aromatic rings. The predicted octanol–water partition coefficient (Wildman–Crippen LogP) is 4.38. The van der Waals surface area contributed by atoms with Crippen LogP contribution >= 0.6 is 11.3 Å². The van der Waals surface area contributed by atoms with E-state index < -0.39 is 0 Å². The molecule has 4 heteroatoms. The molecule has 0 N–H and O–H groups in total. The summed E-state index contributed by atoms with van der Waals surface area (Å²) in [6, 6.07) is 0. The fraction of sp³-hybridized carbons (Fsp3) is 0.500. The second-order valence-corrected chi connectivity index (χ2v) is 7.13. The fourth-order valence-corrected chi connectivity index (χ4v) is 3.18. The highest BCUT2D eigenvalue weighted by molar-refractivity contribution is 7.09. The number of ketones is 1. The highest BCUT2D eigenvalue weighted by atomic mass is 32.1. The van der Waals surface area contributed by atoms with Crippen LogP contribution in [0.4, 0.5) is 0 Å². The molecule has 2 heterocycles. The number of carbonyl (C=O) groups is 1. The molecular weight excluding hydrogens is 270 g/mol. The van der Waals surface area contributed by atoms with Gasteiger partial charge in [-0.25, -0.2) is 4.98 Å². The summed E-state index contributed by atoms with van der Waals surface area (Å²) in [5, 5.41) is 2.92. The Balaban J connectivity index is 2.22. The zero-order valence-electron chi connectivity index (χ0n) is 13.0. The van der Waals surface area contributed by atoms with Gasteiger partial charge in [0.15, 0.2) is 5.78 Å². The first-order chi connectivity index (χ1) is 9.20. The summed E-state index contributed by atoms with van der Waals surface area (Å²) in [6.45, 7) is 12.0. The second-order valence-electron chi connectivity index (χ2n) is 6.19. The quantitative estimate of drug-likeness (QED) is 0.788. The number of rotatable bonds is 3. The highest BCUT2D eigenvalue weighted by Crippen LogP contribution is 2.26. The van der Waals surface area contributed by atoms with E-state index in [2.05, 4.69) is 25.8 Å². The lowest BCUT2D eigenvalue weighted by molar-refractivity contribution is 0.0991. The van der Waals surface area contributed by atoms with Crippen molar-refractivity contribution >= 4 is 17.1 Å². The molecule has 0 aliphatic heterocycles. The molecule has 0 radical (unpaired) electrons. The normalized spacial score (nSPS) is 11.9. The molecule has 0 aromatic carbocycles. The monoisotopic (exact) mass is 291 g/mol. The van der Waals surface area contributed by atoms with E-state index in [1.165, 1.54) is 0 Å². The van der Waals surface area contributed by atoms with Crippen LogP contribution in [0.1, 0.15) is 58.9 Å². The van der Waals surface area contributed by atoms with Gasteiger partial charge in [-0.05, 0) is 20.8 Å². The van der Waals surface area contributed by atoms with Gasteiger partial charge in [0.2, 0.25) is 0 Å². The van der Waals surface area contributed by atoms with Crippen LogP contribution in [0.25, 0.3) is 0 Å². The van der Waals surface area contributed by atoms with Crippen molar-refractivity contribution in [1.82, 2.24) is 4.98 Å². The largest absolute Gasteiger partial charge is 0.466 e. The maximum Gasteiger partial charge on any atom is 0.173 e. The average Bonchev–Trinajstić information content (AvgIpc) is 2.85. The minimum absolute atomic E-state index is 0.0237. The molecule has 0 unspecified atom stereocenters. The van der Waals surface area contributed by atoms with E-state index in [4.69, 9.17) is 4.42 Å². The third-order valence-corrected chi connectivity index (χ3v) is 4.32. The first kappa shape index (κ1) is 15.0. The van der Waals surface area contributed by atoms with Crippen molar-refractivity contribution in [2.75, 3.05) is 0 Å². The number of furan rings is 1. The summed E-state index contributed by atoms with van der Waals surface area (Å²) in [5.74, 6) is 1.62. The van der Waals surface area contributed by atoms with Crippen LogP contribution in [0.2, 0.25) is 0 Å². The number of nitrogens with zero attached hydrogens (tertiary/aromatic N) is 1. The average molecular weight is 291 g/mol. The first-order valence-electron chi connectivity index (χ1n) is 6.75. The summed E-state index contributed by atoms with van der Waals surface area (Å²) in [7, 11) is 0. The van der Waals surface area contributed by atoms with Crippen LogP contribution in [0.5, 0.6) is 0 Å². The Labute approximate surface area is 124 Å². The lowest BCUT2D eigenvalue weighted by Crippen LogP contribution is -2.12. The van der Waals surface area contributed by atoms with Gasteiger partial charge < -0.3 is 4.42 Å². The van der Waals surface area contributed by atoms with Gasteiger partial charge in [-0.3, -0.25) is 4.79 Å². The minimum Gasteiger partial charge on any atom is -0.466 e. The van der Waals surface area contributed by atoms with E-state index in [1.807, 2.05) is 26.2 Å². The van der Waals surface area contributed by atoms with E-state index in [0.29, 0.717) is 12.2 Å². The Hall–Kier alpha value is -1.42. The molecule has 0 atom stereocenters. The molecule has 0 amide bonds. The van der Waals surface area contributed by atoms with Crippen molar-refractivity contribution in [2.24, 2.45) is 0 Å². The number of Topliss-reactive ketones (excluding diaryl/α,β-unsaturated/α-hetero) is 1. The van der Waals surface area contributed by atoms with Crippen LogP contribution in [0.3, 0.4) is 0 Å². The summed E-state index contributed by atoms with van der Waals surface area (Å²) in [4.78, 5) is 17.0. The zero-order valence-corrected chi connectivity index (χ0v) is 13.8. The van der Waals surface area contributed by atoms with Gasteiger partial charge >= 0.3 is 0 Å².